The van der Waals surface area contributed by atoms with Crippen LogP contribution in [0.5, 0.6) is 11.5 Å². The highest BCUT2D eigenvalue weighted by atomic mass is 16.5. The zero-order chi connectivity index (χ0) is 24.2. The topological polar surface area (TPSA) is 66.5 Å². The zero-order valence-electron chi connectivity index (χ0n) is 21.4. The number of pyridine rings is 1. The van der Waals surface area contributed by atoms with E-state index in [0.29, 0.717) is 42.9 Å². The highest BCUT2D eigenvalue weighted by molar-refractivity contribution is 5.90. The number of nitrogen functional groups attached to an aromatic ring is 1. The van der Waals surface area contributed by atoms with Crippen LogP contribution < -0.4 is 20.8 Å². The van der Waals surface area contributed by atoms with Crippen molar-refractivity contribution in [3.63, 3.8) is 0 Å². The van der Waals surface area contributed by atoms with E-state index < -0.39 is 0 Å². The summed E-state index contributed by atoms with van der Waals surface area (Å²) < 4.78 is 14.1. The summed E-state index contributed by atoms with van der Waals surface area (Å²) in [5.41, 5.74) is 8.61. The molecule has 2 N–H and O–H groups in total. The van der Waals surface area contributed by atoms with Gasteiger partial charge < -0.3 is 19.8 Å². The van der Waals surface area contributed by atoms with Crippen molar-refractivity contribution < 1.29 is 9.47 Å². The van der Waals surface area contributed by atoms with E-state index in [1.165, 1.54) is 31.3 Å². The minimum Gasteiger partial charge on any atom is -0.485 e. The standard InChI is InChI=1S/C28H44N2O3/c1-6-8-9-10-11-12-17-30-25-19-23(29)14-15-24(25)26(32-18-16-21(3)4)27(28(30)31)33-20-22(5)13-7-2/h14-16,19,22H,6-13,17-18,20,29H2,1-5H3. The van der Waals surface area contributed by atoms with Gasteiger partial charge in [-0.15, -0.1) is 0 Å². The molecule has 184 valence electrons. The fourth-order valence-corrected chi connectivity index (χ4v) is 4.05. The van der Waals surface area contributed by atoms with Crippen LogP contribution in [0.25, 0.3) is 10.9 Å². The summed E-state index contributed by atoms with van der Waals surface area (Å²) in [5.74, 6) is 1.22. The molecule has 0 radical (unpaired) electrons. The van der Waals surface area contributed by atoms with Gasteiger partial charge in [-0.3, -0.25) is 4.79 Å². The molecular formula is C28H44N2O3. The van der Waals surface area contributed by atoms with E-state index in [-0.39, 0.29) is 5.56 Å². The number of nitrogens with two attached hydrogens (primary N) is 1. The van der Waals surface area contributed by atoms with E-state index in [9.17, 15) is 4.79 Å². The molecule has 0 aliphatic heterocycles. The van der Waals surface area contributed by atoms with E-state index >= 15 is 0 Å². The van der Waals surface area contributed by atoms with E-state index in [1.54, 1.807) is 0 Å². The SMILES string of the molecule is CCCCCCCCn1c(=O)c(OCC(C)CCC)c(OCC=C(C)C)c2ccc(N)cc21. The van der Waals surface area contributed by atoms with Crippen molar-refractivity contribution in [1.29, 1.82) is 0 Å². The molecule has 1 aromatic carbocycles. The number of aryl methyl sites for hydroxylation is 1. The lowest BCUT2D eigenvalue weighted by molar-refractivity contribution is 0.233. The van der Waals surface area contributed by atoms with E-state index in [2.05, 4.69) is 20.8 Å². The van der Waals surface area contributed by atoms with Crippen molar-refractivity contribution in [1.82, 2.24) is 4.57 Å². The average Bonchev–Trinajstić information content (AvgIpc) is 2.77. The molecule has 5 nitrogen and oxygen atoms in total. The Bertz CT molecular complexity index is 958. The molecule has 1 unspecified atom stereocenters. The number of anilines is 1. The molecular weight excluding hydrogens is 412 g/mol. The highest BCUT2D eigenvalue weighted by Gasteiger charge is 2.20. The van der Waals surface area contributed by atoms with E-state index in [0.717, 1.165) is 36.6 Å². The Morgan fingerprint density at radius 2 is 1.76 bits per heavy atom. The van der Waals surface area contributed by atoms with Crippen LogP contribution >= 0.6 is 0 Å². The Morgan fingerprint density at radius 1 is 1.03 bits per heavy atom. The lowest BCUT2D eigenvalue weighted by atomic mass is 10.1. The Morgan fingerprint density at radius 3 is 2.45 bits per heavy atom. The van der Waals surface area contributed by atoms with Crippen LogP contribution in [0.4, 0.5) is 5.69 Å². The Balaban J connectivity index is 2.45. The number of fused-ring (bicyclic) bond motifs is 1. The molecule has 1 aromatic heterocycles. The summed E-state index contributed by atoms with van der Waals surface area (Å²) in [6.07, 6.45) is 11.2. The molecule has 0 bridgehead atoms. The van der Waals surface area contributed by atoms with Gasteiger partial charge in [0.25, 0.3) is 5.56 Å². The first-order valence-electron chi connectivity index (χ1n) is 12.7. The molecule has 0 saturated carbocycles. The second kappa shape index (κ2) is 14.0. The molecule has 0 spiro atoms. The number of hydrogen-bond donors (Lipinski definition) is 1. The quantitative estimate of drug-likeness (QED) is 0.176. The van der Waals surface area contributed by atoms with Gasteiger partial charge >= 0.3 is 0 Å². The van der Waals surface area contributed by atoms with Crippen molar-refractivity contribution in [3.8, 4) is 11.5 Å². The number of nitrogens with zero attached hydrogens (tertiary/aromatic N) is 1. The van der Waals surface area contributed by atoms with Crippen molar-refractivity contribution >= 4 is 16.6 Å². The molecule has 0 saturated heterocycles. The predicted molar refractivity (Wildman–Crippen MR) is 140 cm³/mol. The Hall–Kier alpha value is -2.43. The maximum Gasteiger partial charge on any atom is 0.297 e. The Kier molecular flexibility index (Phi) is 11.4. The molecule has 0 aliphatic carbocycles. The van der Waals surface area contributed by atoms with E-state index in [4.69, 9.17) is 15.2 Å². The number of aromatic nitrogens is 1. The summed E-state index contributed by atoms with van der Waals surface area (Å²) in [5, 5.41) is 0.870. The molecule has 5 heteroatoms. The number of allylic oxidation sites excluding steroid dienone is 1. The number of hydrogen-bond acceptors (Lipinski definition) is 4. The van der Waals surface area contributed by atoms with Crippen molar-refractivity contribution in [3.05, 3.63) is 40.2 Å². The van der Waals surface area contributed by atoms with Crippen LogP contribution in [-0.2, 0) is 6.54 Å². The van der Waals surface area contributed by atoms with Crippen LogP contribution in [0.3, 0.4) is 0 Å². The number of ether oxygens (including phenoxy) is 2. The first-order chi connectivity index (χ1) is 15.9. The van der Waals surface area contributed by atoms with Gasteiger partial charge in [-0.2, -0.15) is 0 Å². The smallest absolute Gasteiger partial charge is 0.297 e. The molecule has 1 heterocycles. The second-order valence-corrected chi connectivity index (χ2v) is 9.46. The maximum absolute atomic E-state index is 13.7. The zero-order valence-corrected chi connectivity index (χ0v) is 21.4. The van der Waals surface area contributed by atoms with Gasteiger partial charge in [-0.05, 0) is 56.9 Å². The first-order valence-corrected chi connectivity index (χ1v) is 12.7. The van der Waals surface area contributed by atoms with Gasteiger partial charge in [0.2, 0.25) is 5.75 Å². The van der Waals surface area contributed by atoms with Crippen LogP contribution in [0.15, 0.2) is 34.6 Å². The van der Waals surface area contributed by atoms with Crippen molar-refractivity contribution in [2.45, 2.75) is 92.5 Å². The van der Waals surface area contributed by atoms with Crippen LogP contribution in [0, 0.1) is 5.92 Å². The van der Waals surface area contributed by atoms with Gasteiger partial charge in [-0.25, -0.2) is 0 Å². The normalized spacial score (nSPS) is 12.0. The summed E-state index contributed by atoms with van der Waals surface area (Å²) in [6.45, 7) is 12.2. The molecule has 0 aliphatic rings. The van der Waals surface area contributed by atoms with Gasteiger partial charge in [0, 0.05) is 17.6 Å². The summed E-state index contributed by atoms with van der Waals surface area (Å²) in [6, 6.07) is 5.69. The summed E-state index contributed by atoms with van der Waals surface area (Å²) in [7, 11) is 0. The molecule has 1 atom stereocenters. The van der Waals surface area contributed by atoms with Gasteiger partial charge in [-0.1, -0.05) is 64.9 Å². The Labute approximate surface area is 200 Å². The third-order valence-electron chi connectivity index (χ3n) is 5.95. The fourth-order valence-electron chi connectivity index (χ4n) is 4.05. The van der Waals surface area contributed by atoms with E-state index in [1.807, 2.05) is 42.7 Å². The third-order valence-corrected chi connectivity index (χ3v) is 5.95. The molecule has 33 heavy (non-hydrogen) atoms. The van der Waals surface area contributed by atoms with Crippen LogP contribution in [-0.4, -0.2) is 17.8 Å². The lowest BCUT2D eigenvalue weighted by Gasteiger charge is -2.20. The first kappa shape index (κ1) is 26.8. The molecule has 2 aromatic rings. The summed E-state index contributed by atoms with van der Waals surface area (Å²) >= 11 is 0. The average molecular weight is 457 g/mol. The van der Waals surface area contributed by atoms with Crippen LogP contribution in [0.2, 0.25) is 0 Å². The predicted octanol–water partition coefficient (Wildman–Crippen LogP) is 7.10. The minimum absolute atomic E-state index is 0.127. The van der Waals surface area contributed by atoms with Crippen molar-refractivity contribution in [2.24, 2.45) is 5.92 Å². The molecule has 0 amide bonds. The second-order valence-electron chi connectivity index (χ2n) is 9.46. The lowest BCUT2D eigenvalue weighted by Crippen LogP contribution is -2.25. The largest absolute Gasteiger partial charge is 0.485 e. The number of benzene rings is 1. The molecule has 2 rings (SSSR count). The maximum atomic E-state index is 13.7. The number of unbranched alkanes of at least 4 members (excludes halogenated alkanes) is 5. The monoisotopic (exact) mass is 456 g/mol. The summed E-state index contributed by atoms with van der Waals surface area (Å²) in [4.78, 5) is 13.7. The van der Waals surface area contributed by atoms with Gasteiger partial charge in [0.15, 0.2) is 5.75 Å². The highest BCUT2D eigenvalue weighted by Crippen LogP contribution is 2.34. The van der Waals surface area contributed by atoms with Crippen LogP contribution in [0.1, 0.15) is 86.0 Å². The minimum atomic E-state index is -0.127. The number of rotatable bonds is 15. The van der Waals surface area contributed by atoms with Gasteiger partial charge in [0.05, 0.1) is 12.1 Å². The fraction of sp³-hybridized carbons (Fsp3) is 0.607. The van der Waals surface area contributed by atoms with Gasteiger partial charge in [0.1, 0.15) is 6.61 Å². The molecule has 0 fully saturated rings. The third kappa shape index (κ3) is 8.13. The van der Waals surface area contributed by atoms with Crippen molar-refractivity contribution in [2.75, 3.05) is 18.9 Å².